The Balaban J connectivity index is 0.000000165. The number of oxazole rings is 1. The fraction of sp³-hybridized carbons (Fsp3) is 0. The molecule has 5 aromatic rings. The summed E-state index contributed by atoms with van der Waals surface area (Å²) in [4.78, 5) is 44.4. The Morgan fingerprint density at radius 3 is 2.29 bits per heavy atom. The van der Waals surface area contributed by atoms with Crippen molar-refractivity contribution in [1.29, 1.82) is 0 Å². The van der Waals surface area contributed by atoms with Crippen LogP contribution in [0.2, 0.25) is 0 Å². The smallest absolute Gasteiger partial charge is 0.324 e. The van der Waals surface area contributed by atoms with Gasteiger partial charge in [0.05, 0.1) is 37.7 Å². The lowest BCUT2D eigenvalue weighted by Gasteiger charge is -2.04. The normalized spacial score (nSPS) is 10.4. The number of nitrogens with zero attached hydrogens (tertiary/aromatic N) is 5. The number of hydrogen-bond acceptors (Lipinski definition) is 12. The number of rotatable bonds is 5. The Morgan fingerprint density at radius 2 is 1.63 bits per heavy atom. The van der Waals surface area contributed by atoms with Crippen LogP contribution in [0.5, 0.6) is 5.75 Å². The molecule has 5 rings (SSSR count). The molecule has 35 heavy (non-hydrogen) atoms. The second-order valence-corrected chi connectivity index (χ2v) is 8.62. The monoisotopic (exact) mass is 512 g/mol. The SMILES string of the molecule is O=C(Nc1ccncc1O)c1ccc([N+](=O)[O-])s1.O=[N+]([O-])c1ccc(-c2nc3ccncc3o2)s1. The first-order chi connectivity index (χ1) is 16.8. The molecule has 0 aliphatic rings. The van der Waals surface area contributed by atoms with E-state index in [0.29, 0.717) is 21.9 Å². The Kier molecular flexibility index (Phi) is 6.70. The second kappa shape index (κ2) is 10.0. The third-order valence-electron chi connectivity index (χ3n) is 4.22. The van der Waals surface area contributed by atoms with Gasteiger partial charge in [0.1, 0.15) is 5.52 Å². The molecule has 0 aromatic carbocycles. The molecule has 15 heteroatoms. The van der Waals surface area contributed by atoms with Crippen molar-refractivity contribution in [3.05, 3.63) is 86.3 Å². The maximum Gasteiger partial charge on any atom is 0.324 e. The van der Waals surface area contributed by atoms with Crippen LogP contribution >= 0.6 is 22.7 Å². The topological polar surface area (TPSA) is 187 Å². The molecule has 0 saturated carbocycles. The van der Waals surface area contributed by atoms with Gasteiger partial charge >= 0.3 is 10.0 Å². The molecule has 0 spiro atoms. The summed E-state index contributed by atoms with van der Waals surface area (Å²) in [6.07, 6.45) is 5.78. The number of hydrogen-bond donors (Lipinski definition) is 2. The molecule has 0 fully saturated rings. The Hall–Kier alpha value is -4.76. The summed E-state index contributed by atoms with van der Waals surface area (Å²) in [5.74, 6) is -0.308. The highest BCUT2D eigenvalue weighted by Crippen LogP contribution is 2.33. The number of aromatic nitrogens is 3. The van der Waals surface area contributed by atoms with Crippen molar-refractivity contribution in [3.8, 4) is 16.5 Å². The summed E-state index contributed by atoms with van der Waals surface area (Å²) in [6, 6.07) is 8.83. The van der Waals surface area contributed by atoms with Gasteiger partial charge in [-0.25, -0.2) is 4.98 Å². The van der Waals surface area contributed by atoms with Crippen molar-refractivity contribution in [2.24, 2.45) is 0 Å². The molecular formula is C20H12N6O7S2. The first kappa shape index (κ1) is 23.4. The first-order valence-electron chi connectivity index (χ1n) is 9.45. The van der Waals surface area contributed by atoms with Crippen molar-refractivity contribution >= 4 is 55.4 Å². The molecule has 0 saturated heterocycles. The third-order valence-corrected chi connectivity index (χ3v) is 6.28. The van der Waals surface area contributed by atoms with Crippen LogP contribution in [0.1, 0.15) is 9.67 Å². The molecule has 5 aromatic heterocycles. The first-order valence-corrected chi connectivity index (χ1v) is 11.1. The zero-order valence-corrected chi connectivity index (χ0v) is 18.9. The number of pyridine rings is 2. The molecule has 13 nitrogen and oxygen atoms in total. The van der Waals surface area contributed by atoms with Gasteiger partial charge < -0.3 is 14.8 Å². The van der Waals surface area contributed by atoms with Crippen molar-refractivity contribution in [1.82, 2.24) is 15.0 Å². The predicted molar refractivity (Wildman–Crippen MR) is 127 cm³/mol. The largest absolute Gasteiger partial charge is 0.504 e. The number of carbonyl (C=O) groups excluding carboxylic acids is 1. The molecule has 0 atom stereocenters. The molecule has 0 aliphatic heterocycles. The zero-order valence-electron chi connectivity index (χ0n) is 17.2. The van der Waals surface area contributed by atoms with Gasteiger partial charge in [0, 0.05) is 24.5 Å². The van der Waals surface area contributed by atoms with Crippen LogP contribution in [0.4, 0.5) is 15.7 Å². The standard InChI is InChI=1S/C10H7N3O4S.C10H5N3O3S/c14-7-5-11-4-3-6(7)12-10(15)8-1-2-9(18-8)13(16)17;14-13(15)9-2-1-8(17-9)10-12-6-3-4-11-5-7(6)16-10/h1-5,14H,(H,11,12,15);1-5H. The van der Waals surface area contributed by atoms with Gasteiger partial charge in [-0.2, -0.15) is 0 Å². The Bertz CT molecular complexity index is 1510. The second-order valence-electron chi connectivity index (χ2n) is 6.50. The summed E-state index contributed by atoms with van der Waals surface area (Å²) in [6.45, 7) is 0. The van der Waals surface area contributed by atoms with Crippen LogP contribution in [-0.4, -0.2) is 35.8 Å². The Labute approximate surface area is 202 Å². The minimum absolute atomic E-state index is 0.0698. The molecular weight excluding hydrogens is 500 g/mol. The highest BCUT2D eigenvalue weighted by Gasteiger charge is 2.17. The van der Waals surface area contributed by atoms with E-state index in [0.717, 1.165) is 22.7 Å². The van der Waals surface area contributed by atoms with E-state index in [4.69, 9.17) is 4.42 Å². The van der Waals surface area contributed by atoms with E-state index in [-0.39, 0.29) is 26.3 Å². The lowest BCUT2D eigenvalue weighted by Crippen LogP contribution is -2.10. The van der Waals surface area contributed by atoms with Crippen LogP contribution < -0.4 is 5.32 Å². The van der Waals surface area contributed by atoms with E-state index in [1.165, 1.54) is 36.7 Å². The van der Waals surface area contributed by atoms with Crippen LogP contribution in [-0.2, 0) is 0 Å². The fourth-order valence-corrected chi connectivity index (χ4v) is 4.11. The average molecular weight is 512 g/mol. The number of thiophene rings is 2. The lowest BCUT2D eigenvalue weighted by molar-refractivity contribution is -0.380. The molecule has 0 radical (unpaired) electrons. The van der Waals surface area contributed by atoms with Gasteiger partial charge in [0.25, 0.3) is 5.91 Å². The summed E-state index contributed by atoms with van der Waals surface area (Å²) >= 11 is 1.80. The number of anilines is 1. The van der Waals surface area contributed by atoms with Gasteiger partial charge in [-0.15, -0.1) is 0 Å². The van der Waals surface area contributed by atoms with Gasteiger partial charge in [0.2, 0.25) is 5.89 Å². The maximum absolute atomic E-state index is 11.7. The van der Waals surface area contributed by atoms with Gasteiger partial charge in [-0.3, -0.25) is 35.0 Å². The van der Waals surface area contributed by atoms with Crippen molar-refractivity contribution in [2.45, 2.75) is 0 Å². The van der Waals surface area contributed by atoms with Crippen LogP contribution in [0, 0.1) is 20.2 Å². The number of nitro groups is 2. The summed E-state index contributed by atoms with van der Waals surface area (Å²) in [7, 11) is 0. The molecule has 1 amide bonds. The highest BCUT2D eigenvalue weighted by atomic mass is 32.1. The van der Waals surface area contributed by atoms with E-state index < -0.39 is 15.8 Å². The molecule has 2 N–H and O–H groups in total. The Morgan fingerprint density at radius 1 is 0.943 bits per heavy atom. The quantitative estimate of drug-likeness (QED) is 0.243. The lowest BCUT2D eigenvalue weighted by atomic mass is 10.3. The molecule has 0 unspecified atom stereocenters. The number of carbonyl (C=O) groups is 1. The van der Waals surface area contributed by atoms with E-state index in [9.17, 15) is 30.1 Å². The molecule has 5 heterocycles. The van der Waals surface area contributed by atoms with Crippen LogP contribution in [0.3, 0.4) is 0 Å². The third kappa shape index (κ3) is 5.43. The average Bonchev–Trinajstić information content (AvgIpc) is 3.59. The zero-order chi connectivity index (χ0) is 24.9. The molecule has 176 valence electrons. The predicted octanol–water partition coefficient (Wildman–Crippen LogP) is 4.87. The van der Waals surface area contributed by atoms with Crippen molar-refractivity contribution in [3.63, 3.8) is 0 Å². The number of fused-ring (bicyclic) bond motifs is 1. The van der Waals surface area contributed by atoms with Crippen molar-refractivity contribution < 1.29 is 24.2 Å². The van der Waals surface area contributed by atoms with Crippen LogP contribution in [0.15, 0.2) is 65.6 Å². The van der Waals surface area contributed by atoms with Gasteiger partial charge in [-0.1, -0.05) is 22.7 Å². The minimum atomic E-state index is -0.564. The van der Waals surface area contributed by atoms with Crippen LogP contribution in [0.25, 0.3) is 21.9 Å². The van der Waals surface area contributed by atoms with E-state index in [1.807, 2.05) is 0 Å². The van der Waals surface area contributed by atoms with Crippen molar-refractivity contribution in [2.75, 3.05) is 5.32 Å². The summed E-state index contributed by atoms with van der Waals surface area (Å²) in [5, 5.41) is 32.9. The highest BCUT2D eigenvalue weighted by molar-refractivity contribution is 7.18. The van der Waals surface area contributed by atoms with Gasteiger partial charge in [-0.05, 0) is 24.3 Å². The van der Waals surface area contributed by atoms with E-state index in [1.54, 1.807) is 24.5 Å². The minimum Gasteiger partial charge on any atom is -0.504 e. The fourth-order valence-electron chi connectivity index (χ4n) is 2.65. The van der Waals surface area contributed by atoms with Gasteiger partial charge in [0.15, 0.2) is 11.3 Å². The van der Waals surface area contributed by atoms with E-state index >= 15 is 0 Å². The number of nitrogens with one attached hydrogen (secondary N) is 1. The maximum atomic E-state index is 11.7. The summed E-state index contributed by atoms with van der Waals surface area (Å²) < 4.78 is 5.46. The molecule has 0 aliphatic carbocycles. The number of amides is 1. The summed E-state index contributed by atoms with van der Waals surface area (Å²) in [5.41, 5.74) is 1.45. The van der Waals surface area contributed by atoms with E-state index in [2.05, 4.69) is 20.3 Å². The number of aromatic hydroxyl groups is 1. The molecule has 0 bridgehead atoms.